The van der Waals surface area contributed by atoms with Crippen molar-refractivity contribution in [1.29, 1.82) is 0 Å². The minimum Gasteiger partial charge on any atom is -0.394 e. The van der Waals surface area contributed by atoms with Crippen LogP contribution < -0.4 is 5.32 Å². The highest BCUT2D eigenvalue weighted by Crippen LogP contribution is 2.12. The summed E-state index contributed by atoms with van der Waals surface area (Å²) in [6, 6.07) is -0.674. The summed E-state index contributed by atoms with van der Waals surface area (Å²) in [6.07, 6.45) is 102. The number of rotatable bonds is 51. The van der Waals surface area contributed by atoms with Crippen LogP contribution in [-0.4, -0.2) is 34.9 Å². The van der Waals surface area contributed by atoms with Gasteiger partial charge in [-0.1, -0.05) is 267 Å². The van der Waals surface area contributed by atoms with Gasteiger partial charge in [0.2, 0.25) is 5.91 Å². The van der Waals surface area contributed by atoms with Crippen molar-refractivity contribution in [1.82, 2.24) is 5.32 Å². The second-order valence-corrected chi connectivity index (χ2v) is 19.0. The maximum atomic E-state index is 12.5. The molecule has 0 aliphatic rings. The van der Waals surface area contributed by atoms with Crippen molar-refractivity contribution in [2.45, 2.75) is 238 Å². The van der Waals surface area contributed by atoms with Gasteiger partial charge in [-0.3, -0.25) is 4.79 Å². The summed E-state index contributed by atoms with van der Waals surface area (Å²) < 4.78 is 0. The molecule has 0 aromatic carbocycles. The molecule has 1 amide bonds. The molecular weight excluding hydrogens is 891 g/mol. The summed E-state index contributed by atoms with van der Waals surface area (Å²) >= 11 is 0. The molecule has 0 aliphatic heterocycles. The summed E-state index contributed by atoms with van der Waals surface area (Å²) in [5.41, 5.74) is 0. The van der Waals surface area contributed by atoms with E-state index in [2.05, 4.69) is 189 Å². The first-order valence-electron chi connectivity index (χ1n) is 29.5. The molecule has 0 aromatic rings. The van der Waals surface area contributed by atoms with Gasteiger partial charge in [-0.2, -0.15) is 0 Å². The van der Waals surface area contributed by atoms with Crippen molar-refractivity contribution in [2.75, 3.05) is 6.61 Å². The molecule has 0 saturated carbocycles. The molecule has 0 bridgehead atoms. The molecule has 0 spiro atoms. The van der Waals surface area contributed by atoms with E-state index < -0.39 is 12.1 Å². The highest BCUT2D eigenvalue weighted by molar-refractivity contribution is 5.76. The lowest BCUT2D eigenvalue weighted by molar-refractivity contribution is -0.123. The van der Waals surface area contributed by atoms with Crippen molar-refractivity contribution in [3.8, 4) is 0 Å². The Morgan fingerprint density at radius 3 is 0.959 bits per heavy atom. The SMILES string of the molecule is CC/C=C\C/C=C\C/C=C\C/C=C\C/C=C\C/C=C\C/C=C\C/C=C\C/C=C\C/C=C\C/C=C\C/C=C\CCCCCCC(=O)NC(CO)C(O)/C=C/CC/C=C/CC/C=C/CCCCCCCCCCCC. The van der Waals surface area contributed by atoms with Crippen LogP contribution >= 0.6 is 0 Å². The molecule has 0 aliphatic carbocycles. The maximum Gasteiger partial charge on any atom is 0.220 e. The molecule has 0 fully saturated rings. The van der Waals surface area contributed by atoms with Crippen LogP contribution in [0.15, 0.2) is 182 Å². The molecule has 2 atom stereocenters. The van der Waals surface area contributed by atoms with Gasteiger partial charge in [0.25, 0.3) is 0 Å². The van der Waals surface area contributed by atoms with Gasteiger partial charge in [0, 0.05) is 6.42 Å². The molecule has 0 heterocycles. The summed E-state index contributed by atoms with van der Waals surface area (Å²) in [5.74, 6) is -0.110. The standard InChI is InChI=1S/C69H109NO3/c1-3-5-7-9-11-13-15-17-19-21-23-25-26-27-28-29-30-31-32-33-34-35-36-37-38-39-40-41-42-43-44-45-47-49-51-53-55-57-59-61-63-65-69(73)70-67(66-71)68(72)64-62-60-58-56-54-52-50-48-46-24-22-20-18-16-14-12-10-8-6-4-2/h5,7,11,13,17,19,23,25,27-28,30-31,33-34,36-37,39-40,42-43,45-48,51,53-54,56,62,64,67-68,71-72H,3-4,6,8-10,12,14-16,18,20-22,24,26,29,32,35,38,41,44,49-50,52,55,57-61,63,65-66H2,1-2H3,(H,70,73)/b7-5-,13-11-,19-17-,25-23-,28-27-,31-30-,34-33-,37-36-,40-39-,43-42-,47-45-,48-46+,53-51-,56-54+,64-62+. The number of nitrogens with one attached hydrogen (secondary N) is 1. The van der Waals surface area contributed by atoms with Crippen molar-refractivity contribution < 1.29 is 15.0 Å². The zero-order chi connectivity index (χ0) is 52.7. The van der Waals surface area contributed by atoms with Crippen molar-refractivity contribution >= 4 is 5.91 Å². The van der Waals surface area contributed by atoms with Crippen LogP contribution in [0.4, 0.5) is 0 Å². The molecule has 0 radical (unpaired) electrons. The largest absolute Gasteiger partial charge is 0.394 e. The van der Waals surface area contributed by atoms with Crippen LogP contribution in [0.2, 0.25) is 0 Å². The smallest absolute Gasteiger partial charge is 0.220 e. The van der Waals surface area contributed by atoms with Gasteiger partial charge in [0.1, 0.15) is 0 Å². The van der Waals surface area contributed by atoms with Gasteiger partial charge >= 0.3 is 0 Å². The Balaban J connectivity index is 3.75. The highest BCUT2D eigenvalue weighted by Gasteiger charge is 2.17. The second kappa shape index (κ2) is 61.8. The maximum absolute atomic E-state index is 12.5. The molecule has 0 aromatic heterocycles. The van der Waals surface area contributed by atoms with E-state index in [0.29, 0.717) is 6.42 Å². The molecule has 2 unspecified atom stereocenters. The van der Waals surface area contributed by atoms with Gasteiger partial charge in [-0.05, 0) is 135 Å². The predicted molar refractivity (Wildman–Crippen MR) is 326 cm³/mol. The van der Waals surface area contributed by atoms with E-state index >= 15 is 0 Å². The fourth-order valence-corrected chi connectivity index (χ4v) is 7.66. The monoisotopic (exact) mass is 1000 g/mol. The molecule has 4 heteroatoms. The van der Waals surface area contributed by atoms with E-state index in [1.165, 1.54) is 70.6 Å². The number of aliphatic hydroxyl groups is 2. The lowest BCUT2D eigenvalue weighted by Gasteiger charge is -2.19. The van der Waals surface area contributed by atoms with E-state index in [1.54, 1.807) is 6.08 Å². The predicted octanol–water partition coefficient (Wildman–Crippen LogP) is 20.1. The van der Waals surface area contributed by atoms with Crippen molar-refractivity contribution in [2.24, 2.45) is 0 Å². The van der Waals surface area contributed by atoms with Crippen LogP contribution in [-0.2, 0) is 4.79 Å². The van der Waals surface area contributed by atoms with E-state index in [0.717, 1.165) is 135 Å². The minimum atomic E-state index is -0.895. The molecule has 0 saturated heterocycles. The Kier molecular flexibility index (Phi) is 58.0. The first-order valence-corrected chi connectivity index (χ1v) is 29.5. The average Bonchev–Trinajstić information content (AvgIpc) is 3.40. The van der Waals surface area contributed by atoms with Crippen LogP contribution in [0.3, 0.4) is 0 Å². The van der Waals surface area contributed by atoms with Gasteiger partial charge in [-0.15, -0.1) is 0 Å². The molecule has 73 heavy (non-hydrogen) atoms. The molecular formula is C69H109NO3. The fraction of sp³-hybridized carbons (Fsp3) is 0.551. The van der Waals surface area contributed by atoms with Gasteiger partial charge < -0.3 is 15.5 Å². The highest BCUT2D eigenvalue weighted by atomic mass is 16.3. The zero-order valence-electron chi connectivity index (χ0n) is 46.8. The number of hydrogen-bond donors (Lipinski definition) is 3. The topological polar surface area (TPSA) is 69.6 Å². The Hall–Kier alpha value is -4.51. The first-order chi connectivity index (χ1) is 36.2. The normalized spacial score (nSPS) is 14.2. The Morgan fingerprint density at radius 2 is 0.616 bits per heavy atom. The Morgan fingerprint density at radius 1 is 0.342 bits per heavy atom. The van der Waals surface area contributed by atoms with Gasteiger partial charge in [0.05, 0.1) is 18.8 Å². The van der Waals surface area contributed by atoms with E-state index in [1.807, 2.05) is 6.08 Å². The van der Waals surface area contributed by atoms with E-state index in [-0.39, 0.29) is 12.5 Å². The molecule has 0 rings (SSSR count). The lowest BCUT2D eigenvalue weighted by Crippen LogP contribution is -2.45. The fourth-order valence-electron chi connectivity index (χ4n) is 7.66. The lowest BCUT2D eigenvalue weighted by atomic mass is 10.1. The Labute approximate surface area is 451 Å². The van der Waals surface area contributed by atoms with E-state index in [4.69, 9.17) is 0 Å². The summed E-state index contributed by atoms with van der Waals surface area (Å²) in [6.45, 7) is 4.16. The third-order valence-electron chi connectivity index (χ3n) is 12.1. The molecule has 4 nitrogen and oxygen atoms in total. The zero-order valence-corrected chi connectivity index (χ0v) is 46.8. The second-order valence-electron chi connectivity index (χ2n) is 19.0. The number of amides is 1. The third-order valence-corrected chi connectivity index (χ3v) is 12.1. The number of aliphatic hydroxyl groups excluding tert-OH is 2. The quantitative estimate of drug-likeness (QED) is 0.0420. The average molecular weight is 1000 g/mol. The van der Waals surface area contributed by atoms with Crippen LogP contribution in [0.1, 0.15) is 226 Å². The number of hydrogen-bond acceptors (Lipinski definition) is 3. The van der Waals surface area contributed by atoms with E-state index in [9.17, 15) is 15.0 Å². The van der Waals surface area contributed by atoms with Gasteiger partial charge in [-0.25, -0.2) is 0 Å². The van der Waals surface area contributed by atoms with Crippen LogP contribution in [0, 0.1) is 0 Å². The first kappa shape index (κ1) is 68.5. The Bertz CT molecular complexity index is 1650. The van der Waals surface area contributed by atoms with Crippen LogP contribution in [0.5, 0.6) is 0 Å². The number of carbonyl (C=O) groups is 1. The number of carbonyl (C=O) groups excluding carboxylic acids is 1. The van der Waals surface area contributed by atoms with Gasteiger partial charge in [0.15, 0.2) is 0 Å². The van der Waals surface area contributed by atoms with Crippen molar-refractivity contribution in [3.05, 3.63) is 182 Å². The summed E-state index contributed by atoms with van der Waals surface area (Å²) in [7, 11) is 0. The van der Waals surface area contributed by atoms with Crippen LogP contribution in [0.25, 0.3) is 0 Å². The summed E-state index contributed by atoms with van der Waals surface area (Å²) in [5, 5.41) is 23.1. The van der Waals surface area contributed by atoms with Crippen molar-refractivity contribution in [3.63, 3.8) is 0 Å². The third kappa shape index (κ3) is 58.3. The number of allylic oxidation sites excluding steroid dienone is 29. The number of unbranched alkanes of at least 4 members (excludes halogenated alkanes) is 16. The molecule has 3 N–H and O–H groups in total. The molecule has 408 valence electrons. The summed E-state index contributed by atoms with van der Waals surface area (Å²) in [4.78, 5) is 12.5. The minimum absolute atomic E-state index is 0.110.